The molecule has 8 rings (SSSR count). The third-order valence-corrected chi connectivity index (χ3v) is 10.1. The molecule has 0 N–H and O–H groups in total. The van der Waals surface area contributed by atoms with Crippen molar-refractivity contribution in [3.05, 3.63) is 132 Å². The average molecular weight is 547 g/mol. The third-order valence-electron chi connectivity index (χ3n) is 8.95. The molecular weight excluding hydrogens is 516 g/mol. The molecule has 6 aromatic rings. The number of hydrogen-bond donors (Lipinski definition) is 0. The van der Waals surface area contributed by atoms with E-state index in [1.165, 1.54) is 64.1 Å². The summed E-state index contributed by atoms with van der Waals surface area (Å²) in [6.07, 6.45) is 6.42. The van der Waals surface area contributed by atoms with Crippen LogP contribution in [0.5, 0.6) is 0 Å². The summed E-state index contributed by atoms with van der Waals surface area (Å²) in [5.74, 6) is 0.758. The second kappa shape index (κ2) is 10.0. The van der Waals surface area contributed by atoms with Crippen LogP contribution < -0.4 is 0 Å². The minimum Gasteiger partial charge on any atom is -0.228 e. The van der Waals surface area contributed by atoms with Crippen molar-refractivity contribution in [3.8, 4) is 33.8 Å². The normalized spacial score (nSPS) is 15.4. The second-order valence-corrected chi connectivity index (χ2v) is 12.4. The molecule has 0 unspecified atom stereocenters. The minimum absolute atomic E-state index is 0.137. The molecule has 2 nitrogen and oxygen atoms in total. The van der Waals surface area contributed by atoms with E-state index in [0.29, 0.717) is 0 Å². The fourth-order valence-corrected chi connectivity index (χ4v) is 8.17. The molecule has 2 aliphatic rings. The number of nitrogens with zero attached hydrogens (tertiary/aromatic N) is 2. The molecule has 198 valence electrons. The highest BCUT2D eigenvalue weighted by atomic mass is 32.2. The molecule has 3 heteroatoms. The summed E-state index contributed by atoms with van der Waals surface area (Å²) < 4.78 is 0. The summed E-state index contributed by atoms with van der Waals surface area (Å²) in [7, 11) is 0. The summed E-state index contributed by atoms with van der Waals surface area (Å²) >= 11 is 1.94. The number of benzene rings is 5. The quantitative estimate of drug-likeness (QED) is 0.221. The molecule has 1 saturated carbocycles. The molecule has 0 radical (unpaired) electrons. The van der Waals surface area contributed by atoms with E-state index < -0.39 is 0 Å². The zero-order valence-corrected chi connectivity index (χ0v) is 23.7. The number of aromatic nitrogens is 2. The summed E-state index contributed by atoms with van der Waals surface area (Å²) in [6, 6.07) is 43.7. The smallest absolute Gasteiger partial charge is 0.160 e. The van der Waals surface area contributed by atoms with Crippen LogP contribution in [0.15, 0.2) is 131 Å². The highest BCUT2D eigenvalue weighted by Crippen LogP contribution is 2.55. The predicted octanol–water partition coefficient (Wildman–Crippen LogP) is 10.3. The standard InChI is InChI=1S/C38H30N2S/c1-3-11-27(12-4-1)36-30-13-5-7-15-33(30)39-37(40-36)28-19-17-26(18-20-28)29-21-22-35-32(25-29)38(23-9-2-10-24-38)31-14-6-8-16-34(31)41-35/h1,3-8,11-22,25H,2,9-10,23-24H2. The van der Waals surface area contributed by atoms with E-state index in [4.69, 9.17) is 9.97 Å². The lowest BCUT2D eigenvalue weighted by atomic mass is 9.65. The maximum atomic E-state index is 5.07. The second-order valence-electron chi connectivity index (χ2n) is 11.3. The highest BCUT2D eigenvalue weighted by Gasteiger charge is 2.41. The van der Waals surface area contributed by atoms with E-state index in [2.05, 4.69) is 109 Å². The third kappa shape index (κ3) is 4.19. The van der Waals surface area contributed by atoms with Gasteiger partial charge in [0.15, 0.2) is 5.82 Å². The molecule has 1 aromatic heterocycles. The van der Waals surface area contributed by atoms with Crippen LogP contribution in [0.4, 0.5) is 0 Å². The van der Waals surface area contributed by atoms with Crippen LogP contribution >= 0.6 is 11.8 Å². The maximum absolute atomic E-state index is 5.07. The fraction of sp³-hybridized carbons (Fsp3) is 0.158. The van der Waals surface area contributed by atoms with Gasteiger partial charge in [-0.3, -0.25) is 0 Å². The minimum atomic E-state index is 0.137. The van der Waals surface area contributed by atoms with E-state index in [1.807, 2.05) is 23.9 Å². The zero-order chi connectivity index (χ0) is 27.2. The Morgan fingerprint density at radius 3 is 2.05 bits per heavy atom. The van der Waals surface area contributed by atoms with Crippen molar-refractivity contribution < 1.29 is 0 Å². The number of hydrogen-bond acceptors (Lipinski definition) is 3. The number of fused-ring (bicyclic) bond motifs is 5. The molecule has 0 atom stereocenters. The van der Waals surface area contributed by atoms with Crippen molar-refractivity contribution in [1.29, 1.82) is 0 Å². The molecule has 1 aliphatic heterocycles. The Bertz CT molecular complexity index is 1890. The van der Waals surface area contributed by atoms with Gasteiger partial charge in [-0.2, -0.15) is 0 Å². The molecule has 0 saturated heterocycles. The first-order valence-corrected chi connectivity index (χ1v) is 15.5. The van der Waals surface area contributed by atoms with Gasteiger partial charge < -0.3 is 0 Å². The molecule has 1 spiro atoms. The van der Waals surface area contributed by atoms with Crippen LogP contribution in [0.3, 0.4) is 0 Å². The maximum Gasteiger partial charge on any atom is 0.160 e. The van der Waals surface area contributed by atoms with E-state index in [9.17, 15) is 0 Å². The first kappa shape index (κ1) is 24.6. The Morgan fingerprint density at radius 1 is 0.512 bits per heavy atom. The molecule has 5 aromatic carbocycles. The summed E-state index contributed by atoms with van der Waals surface area (Å²) in [4.78, 5) is 12.9. The Kier molecular flexibility index (Phi) is 6.00. The van der Waals surface area contributed by atoms with Crippen LogP contribution in [0, 0.1) is 0 Å². The van der Waals surface area contributed by atoms with E-state index >= 15 is 0 Å². The molecular formula is C38H30N2S. The van der Waals surface area contributed by atoms with Gasteiger partial charge in [-0.15, -0.1) is 0 Å². The Morgan fingerprint density at radius 2 is 1.20 bits per heavy atom. The van der Waals surface area contributed by atoms with E-state index in [0.717, 1.165) is 33.5 Å². The Hall–Kier alpha value is -4.21. The lowest BCUT2D eigenvalue weighted by molar-refractivity contribution is 0.335. The first-order valence-electron chi connectivity index (χ1n) is 14.6. The molecule has 0 bridgehead atoms. The summed E-state index contributed by atoms with van der Waals surface area (Å²) in [6.45, 7) is 0. The van der Waals surface area contributed by atoms with Gasteiger partial charge in [-0.25, -0.2) is 9.97 Å². The van der Waals surface area contributed by atoms with Gasteiger partial charge in [0.2, 0.25) is 0 Å². The van der Waals surface area contributed by atoms with Crippen molar-refractivity contribution in [3.63, 3.8) is 0 Å². The number of rotatable bonds is 3. The van der Waals surface area contributed by atoms with E-state index in [-0.39, 0.29) is 5.41 Å². The number of para-hydroxylation sites is 1. The molecule has 41 heavy (non-hydrogen) atoms. The molecule has 2 heterocycles. The SMILES string of the molecule is c1ccc(-c2nc(-c3ccc(-c4ccc5c(c4)C4(CCCCC4)c4ccccc4S5)cc3)nc3ccccc23)cc1. The average Bonchev–Trinajstić information content (AvgIpc) is 3.05. The van der Waals surface area contributed by atoms with Gasteiger partial charge in [0.05, 0.1) is 11.2 Å². The topological polar surface area (TPSA) is 25.8 Å². The van der Waals surface area contributed by atoms with Crippen molar-refractivity contribution in [1.82, 2.24) is 9.97 Å². The van der Waals surface area contributed by atoms with Crippen LogP contribution in [0.25, 0.3) is 44.7 Å². The van der Waals surface area contributed by atoms with Crippen molar-refractivity contribution in [2.45, 2.75) is 47.3 Å². The predicted molar refractivity (Wildman–Crippen MR) is 170 cm³/mol. The zero-order valence-electron chi connectivity index (χ0n) is 22.9. The summed E-state index contributed by atoms with van der Waals surface area (Å²) in [5, 5.41) is 1.07. The fourth-order valence-electron chi connectivity index (χ4n) is 6.91. The van der Waals surface area contributed by atoms with Crippen LogP contribution in [0.1, 0.15) is 43.2 Å². The van der Waals surface area contributed by atoms with Gasteiger partial charge in [0.25, 0.3) is 0 Å². The highest BCUT2D eigenvalue weighted by molar-refractivity contribution is 7.99. The summed E-state index contributed by atoms with van der Waals surface area (Å²) in [5.41, 5.74) is 9.78. The van der Waals surface area contributed by atoms with Gasteiger partial charge in [0.1, 0.15) is 0 Å². The van der Waals surface area contributed by atoms with Crippen LogP contribution in [0.2, 0.25) is 0 Å². The lowest BCUT2D eigenvalue weighted by Crippen LogP contribution is -2.33. The van der Waals surface area contributed by atoms with Crippen LogP contribution in [-0.4, -0.2) is 9.97 Å². The van der Waals surface area contributed by atoms with Crippen molar-refractivity contribution >= 4 is 22.7 Å². The first-order chi connectivity index (χ1) is 20.3. The van der Waals surface area contributed by atoms with Gasteiger partial charge in [-0.05, 0) is 59.4 Å². The largest absolute Gasteiger partial charge is 0.228 e. The monoisotopic (exact) mass is 546 g/mol. The van der Waals surface area contributed by atoms with Gasteiger partial charge in [0, 0.05) is 31.7 Å². The van der Waals surface area contributed by atoms with Gasteiger partial charge >= 0.3 is 0 Å². The molecule has 0 amide bonds. The van der Waals surface area contributed by atoms with Crippen LogP contribution in [-0.2, 0) is 5.41 Å². The Labute approximate surface area is 245 Å². The van der Waals surface area contributed by atoms with Crippen molar-refractivity contribution in [2.24, 2.45) is 0 Å². The van der Waals surface area contributed by atoms with E-state index in [1.54, 1.807) is 0 Å². The van der Waals surface area contributed by atoms with Crippen molar-refractivity contribution in [2.75, 3.05) is 0 Å². The van der Waals surface area contributed by atoms with Gasteiger partial charge in [-0.1, -0.05) is 128 Å². The lowest BCUT2D eigenvalue weighted by Gasteiger charge is -2.43. The Balaban J connectivity index is 1.19. The molecule has 1 aliphatic carbocycles. The molecule has 1 fully saturated rings.